The SMILES string of the molecule is FC(F)(F)C1c2cnccc2Cc2snnc21. The number of rotatable bonds is 0. The monoisotopic (exact) mass is 257 g/mol. The predicted molar refractivity (Wildman–Crippen MR) is 54.9 cm³/mol. The van der Waals surface area contributed by atoms with Crippen molar-refractivity contribution in [2.24, 2.45) is 0 Å². The van der Waals surface area contributed by atoms with Crippen LogP contribution in [-0.2, 0) is 6.42 Å². The summed E-state index contributed by atoms with van der Waals surface area (Å²) < 4.78 is 42.9. The second-order valence-corrected chi connectivity index (χ2v) is 4.65. The number of alkyl halides is 3. The Bertz CT molecular complexity index is 564. The molecule has 1 aliphatic rings. The van der Waals surface area contributed by atoms with Gasteiger partial charge in [-0.2, -0.15) is 13.2 Å². The Labute approximate surface area is 98.5 Å². The van der Waals surface area contributed by atoms with Gasteiger partial charge in [0.25, 0.3) is 0 Å². The van der Waals surface area contributed by atoms with E-state index in [0.717, 1.165) is 11.5 Å². The predicted octanol–water partition coefficient (Wildman–Crippen LogP) is 2.53. The maximum Gasteiger partial charge on any atom is 0.401 e. The quantitative estimate of drug-likeness (QED) is 0.728. The number of fused-ring (bicyclic) bond motifs is 2. The van der Waals surface area contributed by atoms with E-state index in [1.165, 1.54) is 12.4 Å². The third-order valence-corrected chi connectivity index (χ3v) is 3.53. The van der Waals surface area contributed by atoms with Gasteiger partial charge in [0.15, 0.2) is 0 Å². The maximum atomic E-state index is 13.1. The summed E-state index contributed by atoms with van der Waals surface area (Å²) in [5.41, 5.74) is 0.879. The molecule has 0 saturated heterocycles. The number of halogens is 3. The maximum absolute atomic E-state index is 13.1. The van der Waals surface area contributed by atoms with Gasteiger partial charge in [0, 0.05) is 18.8 Å². The lowest BCUT2D eigenvalue weighted by Crippen LogP contribution is -2.27. The van der Waals surface area contributed by atoms with Crippen LogP contribution in [0.2, 0.25) is 0 Å². The van der Waals surface area contributed by atoms with Crippen LogP contribution in [0.25, 0.3) is 0 Å². The number of nitrogens with zero attached hydrogens (tertiary/aromatic N) is 3. The molecular formula is C10H6F3N3S. The van der Waals surface area contributed by atoms with Gasteiger partial charge in [-0.3, -0.25) is 4.98 Å². The summed E-state index contributed by atoms with van der Waals surface area (Å²) in [6.45, 7) is 0. The molecule has 0 saturated carbocycles. The van der Waals surface area contributed by atoms with E-state index in [-0.39, 0.29) is 11.3 Å². The third kappa shape index (κ3) is 1.61. The standard InChI is InChI=1S/C10H6F3N3S/c11-10(12,13)8-6-4-14-2-1-5(6)3-7-9(8)15-16-17-7/h1-2,4,8H,3H2. The molecule has 1 unspecified atom stereocenters. The van der Waals surface area contributed by atoms with Crippen LogP contribution in [0, 0.1) is 0 Å². The number of aromatic nitrogens is 3. The Hall–Kier alpha value is -1.50. The van der Waals surface area contributed by atoms with Gasteiger partial charge in [-0.05, 0) is 28.7 Å². The lowest BCUT2D eigenvalue weighted by Gasteiger charge is -2.25. The normalized spacial score (nSPS) is 18.6. The molecule has 0 N–H and O–H groups in total. The van der Waals surface area contributed by atoms with Crippen LogP contribution in [0.3, 0.4) is 0 Å². The fourth-order valence-electron chi connectivity index (χ4n) is 2.07. The Morgan fingerprint density at radius 2 is 2.18 bits per heavy atom. The van der Waals surface area contributed by atoms with Gasteiger partial charge in [-0.1, -0.05) is 4.49 Å². The fraction of sp³-hybridized carbons (Fsp3) is 0.300. The van der Waals surface area contributed by atoms with Crippen molar-refractivity contribution in [1.82, 2.24) is 14.6 Å². The lowest BCUT2D eigenvalue weighted by atomic mass is 9.85. The molecule has 88 valence electrons. The molecule has 0 radical (unpaired) electrons. The zero-order valence-electron chi connectivity index (χ0n) is 8.40. The zero-order valence-corrected chi connectivity index (χ0v) is 9.22. The molecule has 3 nitrogen and oxygen atoms in total. The molecular weight excluding hydrogens is 251 g/mol. The summed E-state index contributed by atoms with van der Waals surface area (Å²) in [7, 11) is 0. The van der Waals surface area contributed by atoms with Gasteiger partial charge in [0.2, 0.25) is 0 Å². The van der Waals surface area contributed by atoms with Crippen LogP contribution in [-0.4, -0.2) is 20.7 Å². The minimum atomic E-state index is -4.36. The van der Waals surface area contributed by atoms with E-state index in [1.54, 1.807) is 6.07 Å². The highest BCUT2D eigenvalue weighted by molar-refractivity contribution is 7.05. The molecule has 7 heteroatoms. The van der Waals surface area contributed by atoms with Crippen molar-refractivity contribution in [2.75, 3.05) is 0 Å². The van der Waals surface area contributed by atoms with Crippen LogP contribution in [0.4, 0.5) is 13.2 Å². The van der Waals surface area contributed by atoms with Gasteiger partial charge in [0.05, 0.1) is 10.6 Å². The zero-order chi connectivity index (χ0) is 12.0. The smallest absolute Gasteiger partial charge is 0.264 e. The number of hydrogen-bond acceptors (Lipinski definition) is 4. The summed E-state index contributed by atoms with van der Waals surface area (Å²) in [4.78, 5) is 4.36. The Balaban J connectivity index is 2.23. The molecule has 17 heavy (non-hydrogen) atoms. The molecule has 0 bridgehead atoms. The molecule has 2 aromatic heterocycles. The van der Waals surface area contributed by atoms with Crippen molar-refractivity contribution in [2.45, 2.75) is 18.5 Å². The van der Waals surface area contributed by atoms with Crippen molar-refractivity contribution in [1.29, 1.82) is 0 Å². The minimum absolute atomic E-state index is 0.0306. The third-order valence-electron chi connectivity index (χ3n) is 2.79. The summed E-state index contributed by atoms with van der Waals surface area (Å²) >= 11 is 1.03. The van der Waals surface area contributed by atoms with Crippen molar-refractivity contribution in [3.05, 3.63) is 40.2 Å². The van der Waals surface area contributed by atoms with Crippen molar-refractivity contribution in [3.63, 3.8) is 0 Å². The Morgan fingerprint density at radius 1 is 1.35 bits per heavy atom. The highest BCUT2D eigenvalue weighted by Crippen LogP contribution is 2.45. The first-order valence-electron chi connectivity index (χ1n) is 4.88. The molecule has 0 amide bonds. The first kappa shape index (κ1) is 10.6. The van der Waals surface area contributed by atoms with Crippen LogP contribution in [0.1, 0.15) is 27.6 Å². The molecule has 3 rings (SSSR count). The van der Waals surface area contributed by atoms with E-state index >= 15 is 0 Å². The molecule has 0 spiro atoms. The van der Waals surface area contributed by atoms with Gasteiger partial charge in [-0.15, -0.1) is 5.10 Å². The van der Waals surface area contributed by atoms with Crippen molar-refractivity contribution in [3.8, 4) is 0 Å². The minimum Gasteiger partial charge on any atom is -0.264 e. The van der Waals surface area contributed by atoms with Crippen LogP contribution >= 0.6 is 11.5 Å². The molecule has 1 aliphatic carbocycles. The number of pyridine rings is 1. The molecule has 0 aliphatic heterocycles. The summed E-state index contributed by atoms with van der Waals surface area (Å²) in [5, 5.41) is 3.62. The largest absolute Gasteiger partial charge is 0.401 e. The second kappa shape index (κ2) is 3.49. The average Bonchev–Trinajstić information content (AvgIpc) is 2.71. The summed E-state index contributed by atoms with van der Waals surface area (Å²) in [6.07, 6.45) is -1.12. The van der Waals surface area contributed by atoms with E-state index in [9.17, 15) is 13.2 Å². The molecule has 2 heterocycles. The van der Waals surface area contributed by atoms with Crippen LogP contribution in [0.5, 0.6) is 0 Å². The summed E-state index contributed by atoms with van der Waals surface area (Å²) in [6, 6.07) is 1.62. The van der Waals surface area contributed by atoms with Crippen LogP contribution in [0.15, 0.2) is 18.5 Å². The first-order chi connectivity index (χ1) is 8.07. The van der Waals surface area contributed by atoms with Gasteiger partial charge >= 0.3 is 6.18 Å². The van der Waals surface area contributed by atoms with Crippen molar-refractivity contribution >= 4 is 11.5 Å². The Kier molecular flexibility index (Phi) is 2.19. The Morgan fingerprint density at radius 3 is 2.94 bits per heavy atom. The molecule has 0 fully saturated rings. The van der Waals surface area contributed by atoms with E-state index in [1.807, 2.05) is 0 Å². The summed E-state index contributed by atoms with van der Waals surface area (Å²) in [5.74, 6) is -1.69. The topological polar surface area (TPSA) is 38.7 Å². The van der Waals surface area contributed by atoms with Gasteiger partial charge in [-0.25, -0.2) is 0 Å². The van der Waals surface area contributed by atoms with E-state index in [2.05, 4.69) is 14.6 Å². The highest BCUT2D eigenvalue weighted by atomic mass is 32.1. The van der Waals surface area contributed by atoms with Gasteiger partial charge in [0.1, 0.15) is 5.92 Å². The fourth-order valence-corrected chi connectivity index (χ4v) is 2.77. The first-order valence-corrected chi connectivity index (χ1v) is 5.65. The molecule has 0 aromatic carbocycles. The van der Waals surface area contributed by atoms with E-state index in [4.69, 9.17) is 0 Å². The van der Waals surface area contributed by atoms with Crippen molar-refractivity contribution < 1.29 is 13.2 Å². The average molecular weight is 257 g/mol. The highest BCUT2D eigenvalue weighted by Gasteiger charge is 2.47. The number of hydrogen-bond donors (Lipinski definition) is 0. The van der Waals surface area contributed by atoms with E-state index < -0.39 is 12.1 Å². The second-order valence-electron chi connectivity index (χ2n) is 3.81. The molecule has 2 aromatic rings. The van der Waals surface area contributed by atoms with E-state index in [0.29, 0.717) is 16.9 Å². The molecule has 1 atom stereocenters. The van der Waals surface area contributed by atoms with Gasteiger partial charge < -0.3 is 0 Å². The van der Waals surface area contributed by atoms with Crippen LogP contribution < -0.4 is 0 Å². The lowest BCUT2D eigenvalue weighted by molar-refractivity contribution is -0.142.